The molecule has 0 aliphatic carbocycles. The number of imidazole rings is 1. The minimum absolute atomic E-state index is 0.510. The van der Waals surface area contributed by atoms with E-state index in [2.05, 4.69) is 14.9 Å². The predicted molar refractivity (Wildman–Crippen MR) is 89.6 cm³/mol. The van der Waals surface area contributed by atoms with Gasteiger partial charge in [-0.3, -0.25) is 0 Å². The first-order chi connectivity index (χ1) is 11.1. The van der Waals surface area contributed by atoms with Crippen molar-refractivity contribution in [3.05, 3.63) is 24.3 Å². The van der Waals surface area contributed by atoms with Gasteiger partial charge in [0, 0.05) is 39.3 Å². The van der Waals surface area contributed by atoms with E-state index in [0.29, 0.717) is 39.3 Å². The first-order valence-electron chi connectivity index (χ1n) is 8.09. The van der Waals surface area contributed by atoms with Crippen LogP contribution >= 0.6 is 0 Å². The van der Waals surface area contributed by atoms with Gasteiger partial charge >= 0.3 is 0 Å². The van der Waals surface area contributed by atoms with Crippen LogP contribution in [0.4, 0.5) is 5.95 Å². The number of aromatic amines is 1. The van der Waals surface area contributed by atoms with Gasteiger partial charge in [-0.15, -0.1) is 0 Å². The fourth-order valence-electron chi connectivity index (χ4n) is 3.30. The summed E-state index contributed by atoms with van der Waals surface area (Å²) in [6, 6.07) is 7.92. The fraction of sp³-hybridized carbons (Fsp3) is 0.533. The summed E-state index contributed by atoms with van der Waals surface area (Å²) in [7, 11) is -3.28. The Labute approximate surface area is 136 Å². The zero-order chi connectivity index (χ0) is 15.9. The zero-order valence-electron chi connectivity index (χ0n) is 13.0. The van der Waals surface area contributed by atoms with Gasteiger partial charge in [-0.1, -0.05) is 12.1 Å². The standard InChI is InChI=1S/C15H21N5O2S/c21-23(22,19-7-3-4-8-19)20-11-9-18(10-12-20)15-16-13-5-1-2-6-14(13)17-15/h1-2,5-6H,3-4,7-12H2,(H,16,17). The van der Waals surface area contributed by atoms with Crippen LogP contribution in [0.2, 0.25) is 0 Å². The molecule has 2 aliphatic rings. The highest BCUT2D eigenvalue weighted by molar-refractivity contribution is 7.86. The van der Waals surface area contributed by atoms with Crippen molar-refractivity contribution in [1.29, 1.82) is 0 Å². The third kappa shape index (κ3) is 2.71. The number of benzene rings is 1. The molecule has 0 saturated carbocycles. The maximum Gasteiger partial charge on any atom is 0.282 e. The van der Waals surface area contributed by atoms with Crippen LogP contribution in [-0.4, -0.2) is 66.3 Å². The van der Waals surface area contributed by atoms with E-state index in [1.807, 2.05) is 24.3 Å². The molecule has 2 aromatic rings. The molecule has 0 amide bonds. The quantitative estimate of drug-likeness (QED) is 0.909. The summed E-state index contributed by atoms with van der Waals surface area (Å²) in [6.45, 7) is 3.66. The Morgan fingerprint density at radius 3 is 2.26 bits per heavy atom. The van der Waals surface area contributed by atoms with Crippen LogP contribution < -0.4 is 4.90 Å². The average molecular weight is 335 g/mol. The Bertz CT molecular complexity index is 756. The van der Waals surface area contributed by atoms with Gasteiger partial charge in [0.2, 0.25) is 5.95 Å². The normalized spacial score (nSPS) is 21.3. The SMILES string of the molecule is O=S(=O)(N1CCCC1)N1CCN(c2nc3ccccc3[nH]2)CC1. The number of rotatable bonds is 3. The summed E-state index contributed by atoms with van der Waals surface area (Å²) in [5.41, 5.74) is 1.95. The molecular formula is C15H21N5O2S. The van der Waals surface area contributed by atoms with E-state index < -0.39 is 10.2 Å². The average Bonchev–Trinajstić information content (AvgIpc) is 3.24. The lowest BCUT2D eigenvalue weighted by atomic mass is 10.3. The summed E-state index contributed by atoms with van der Waals surface area (Å²) in [5, 5.41) is 0. The highest BCUT2D eigenvalue weighted by atomic mass is 32.2. The van der Waals surface area contributed by atoms with E-state index in [-0.39, 0.29) is 0 Å². The summed E-state index contributed by atoms with van der Waals surface area (Å²) in [4.78, 5) is 10.0. The van der Waals surface area contributed by atoms with Crippen molar-refractivity contribution in [2.45, 2.75) is 12.8 Å². The largest absolute Gasteiger partial charge is 0.340 e. The monoisotopic (exact) mass is 335 g/mol. The number of anilines is 1. The molecule has 0 atom stereocenters. The molecule has 3 heterocycles. The molecule has 4 rings (SSSR count). The molecule has 0 bridgehead atoms. The van der Waals surface area contributed by atoms with Crippen LogP contribution in [0.25, 0.3) is 11.0 Å². The van der Waals surface area contributed by atoms with Gasteiger partial charge in [0.1, 0.15) is 0 Å². The number of nitrogens with one attached hydrogen (secondary N) is 1. The molecule has 8 heteroatoms. The highest BCUT2D eigenvalue weighted by Crippen LogP contribution is 2.21. The summed E-state index contributed by atoms with van der Waals surface area (Å²) >= 11 is 0. The Balaban J connectivity index is 1.46. The number of nitrogens with zero attached hydrogens (tertiary/aromatic N) is 4. The molecule has 0 radical (unpaired) electrons. The molecule has 7 nitrogen and oxygen atoms in total. The molecular weight excluding hydrogens is 314 g/mol. The number of aromatic nitrogens is 2. The molecule has 1 N–H and O–H groups in total. The van der Waals surface area contributed by atoms with E-state index in [0.717, 1.165) is 29.8 Å². The number of fused-ring (bicyclic) bond motifs is 1. The number of para-hydroxylation sites is 2. The van der Waals surface area contributed by atoms with Crippen molar-refractivity contribution >= 4 is 27.2 Å². The zero-order valence-corrected chi connectivity index (χ0v) is 13.8. The number of hydrogen-bond donors (Lipinski definition) is 1. The first kappa shape index (κ1) is 14.9. The van der Waals surface area contributed by atoms with E-state index >= 15 is 0 Å². The fourth-order valence-corrected chi connectivity index (χ4v) is 4.97. The van der Waals surface area contributed by atoms with Crippen molar-refractivity contribution < 1.29 is 8.42 Å². The van der Waals surface area contributed by atoms with Crippen molar-refractivity contribution in [1.82, 2.24) is 18.6 Å². The lowest BCUT2D eigenvalue weighted by molar-refractivity contribution is 0.342. The molecule has 0 unspecified atom stereocenters. The van der Waals surface area contributed by atoms with Crippen LogP contribution in [0, 0.1) is 0 Å². The maximum atomic E-state index is 12.6. The van der Waals surface area contributed by atoms with Crippen LogP contribution in [-0.2, 0) is 10.2 Å². The van der Waals surface area contributed by atoms with Crippen molar-refractivity contribution in [2.75, 3.05) is 44.2 Å². The van der Waals surface area contributed by atoms with Gasteiger partial charge in [-0.2, -0.15) is 17.0 Å². The second-order valence-electron chi connectivity index (χ2n) is 6.08. The van der Waals surface area contributed by atoms with E-state index in [9.17, 15) is 8.42 Å². The number of piperazine rings is 1. The van der Waals surface area contributed by atoms with E-state index in [1.165, 1.54) is 0 Å². The van der Waals surface area contributed by atoms with Crippen molar-refractivity contribution in [2.24, 2.45) is 0 Å². The van der Waals surface area contributed by atoms with Crippen LogP contribution in [0.15, 0.2) is 24.3 Å². The molecule has 1 aromatic heterocycles. The predicted octanol–water partition coefficient (Wildman–Crippen LogP) is 1.03. The Morgan fingerprint density at radius 2 is 1.57 bits per heavy atom. The third-order valence-corrected chi connectivity index (χ3v) is 6.67. The molecule has 1 aromatic carbocycles. The van der Waals surface area contributed by atoms with Gasteiger partial charge in [0.05, 0.1) is 11.0 Å². The smallest absolute Gasteiger partial charge is 0.282 e. The molecule has 23 heavy (non-hydrogen) atoms. The number of H-pyrrole nitrogens is 1. The molecule has 2 aliphatic heterocycles. The molecule has 124 valence electrons. The van der Waals surface area contributed by atoms with Crippen LogP contribution in [0.5, 0.6) is 0 Å². The van der Waals surface area contributed by atoms with Gasteiger partial charge < -0.3 is 9.88 Å². The lowest BCUT2D eigenvalue weighted by Gasteiger charge is -2.35. The van der Waals surface area contributed by atoms with Crippen molar-refractivity contribution in [3.63, 3.8) is 0 Å². The van der Waals surface area contributed by atoms with Crippen LogP contribution in [0.1, 0.15) is 12.8 Å². The minimum atomic E-state index is -3.28. The van der Waals surface area contributed by atoms with E-state index in [1.54, 1.807) is 8.61 Å². The topological polar surface area (TPSA) is 72.5 Å². The Morgan fingerprint density at radius 1 is 0.913 bits per heavy atom. The second kappa shape index (κ2) is 5.77. The minimum Gasteiger partial charge on any atom is -0.340 e. The third-order valence-electron chi connectivity index (χ3n) is 4.63. The Hall–Kier alpha value is -1.64. The summed E-state index contributed by atoms with van der Waals surface area (Å²) in [5.74, 6) is 0.824. The van der Waals surface area contributed by atoms with E-state index in [4.69, 9.17) is 0 Å². The number of hydrogen-bond acceptors (Lipinski definition) is 4. The van der Waals surface area contributed by atoms with Gasteiger partial charge in [-0.05, 0) is 25.0 Å². The van der Waals surface area contributed by atoms with Crippen LogP contribution in [0.3, 0.4) is 0 Å². The first-order valence-corrected chi connectivity index (χ1v) is 9.49. The van der Waals surface area contributed by atoms with Crippen molar-refractivity contribution in [3.8, 4) is 0 Å². The molecule has 0 spiro atoms. The molecule has 2 saturated heterocycles. The second-order valence-corrected chi connectivity index (χ2v) is 8.01. The summed E-state index contributed by atoms with van der Waals surface area (Å²) in [6.07, 6.45) is 1.94. The lowest BCUT2D eigenvalue weighted by Crippen LogP contribution is -2.52. The van der Waals surface area contributed by atoms with Gasteiger partial charge in [0.25, 0.3) is 10.2 Å². The van der Waals surface area contributed by atoms with Gasteiger partial charge in [-0.25, -0.2) is 4.98 Å². The van der Waals surface area contributed by atoms with Gasteiger partial charge in [0.15, 0.2) is 0 Å². The highest BCUT2D eigenvalue weighted by Gasteiger charge is 2.34. The molecule has 2 fully saturated rings. The summed E-state index contributed by atoms with van der Waals surface area (Å²) < 4.78 is 28.4. The Kier molecular flexibility index (Phi) is 3.74. The maximum absolute atomic E-state index is 12.6.